The van der Waals surface area contributed by atoms with E-state index in [1.807, 2.05) is 0 Å². The van der Waals surface area contributed by atoms with Crippen molar-refractivity contribution in [2.45, 2.75) is 37.1 Å². The van der Waals surface area contributed by atoms with Gasteiger partial charge in [-0.2, -0.15) is 12.3 Å². The van der Waals surface area contributed by atoms with Gasteiger partial charge in [0.15, 0.2) is 10.6 Å². The van der Waals surface area contributed by atoms with Gasteiger partial charge in [0, 0.05) is 34.5 Å². The van der Waals surface area contributed by atoms with E-state index in [9.17, 15) is 21.6 Å². The van der Waals surface area contributed by atoms with Crippen LogP contribution in [0.3, 0.4) is 0 Å². The highest BCUT2D eigenvalue weighted by Crippen LogP contribution is 2.48. The van der Waals surface area contributed by atoms with Crippen molar-refractivity contribution >= 4 is 43.3 Å². The monoisotopic (exact) mass is 597 g/mol. The van der Waals surface area contributed by atoms with Crippen molar-refractivity contribution in [1.82, 2.24) is 13.6 Å². The standard InChI is InChI=1S/C28H32N6O5S2/c1-28(2,3)33-41(38,39)25-20-9-6-10-23(25)34(40(4,36)37)15-21(17-7-5-8-18(13-17)26(29)30)22(16-34)27(35)32-24-12-11-19(20)14-31-24/h5-14,21-22,33H,15-16H2,1-4H3,(H3-,29,30,31,32,35)/p+1/t21-,22-,34-/m0/s1. The minimum atomic E-state index is -4.29. The van der Waals surface area contributed by atoms with E-state index in [2.05, 4.69) is 15.0 Å². The van der Waals surface area contributed by atoms with Crippen LogP contribution in [-0.4, -0.2) is 58.4 Å². The van der Waals surface area contributed by atoms with E-state index in [0.717, 1.165) is 6.26 Å². The zero-order valence-electron chi connectivity index (χ0n) is 23.2. The minimum Gasteiger partial charge on any atom is -0.384 e. The van der Waals surface area contributed by atoms with Crippen molar-refractivity contribution < 1.29 is 21.6 Å². The van der Waals surface area contributed by atoms with Crippen molar-refractivity contribution in [2.75, 3.05) is 24.7 Å². The van der Waals surface area contributed by atoms with E-state index in [1.165, 1.54) is 12.3 Å². The van der Waals surface area contributed by atoms with Crippen LogP contribution in [0.25, 0.3) is 11.1 Å². The van der Waals surface area contributed by atoms with E-state index in [-0.39, 0.29) is 35.3 Å². The summed E-state index contributed by atoms with van der Waals surface area (Å²) in [6.45, 7) is 4.79. The number of nitrogen functional groups attached to an aromatic ring is 1. The quantitative estimate of drug-likeness (QED) is 0.199. The van der Waals surface area contributed by atoms with Gasteiger partial charge in [-0.3, -0.25) is 10.2 Å². The Bertz CT molecular complexity index is 1780. The van der Waals surface area contributed by atoms with E-state index in [4.69, 9.17) is 11.1 Å². The van der Waals surface area contributed by atoms with Crippen LogP contribution in [0, 0.1) is 11.3 Å². The Balaban J connectivity index is 1.87. The topological polar surface area (TPSA) is 172 Å². The first-order valence-electron chi connectivity index (χ1n) is 13.0. The van der Waals surface area contributed by atoms with Crippen LogP contribution in [0.2, 0.25) is 0 Å². The average Bonchev–Trinajstić information content (AvgIpc) is 3.30. The zero-order valence-corrected chi connectivity index (χ0v) is 24.8. The van der Waals surface area contributed by atoms with Crippen molar-refractivity contribution in [2.24, 2.45) is 11.7 Å². The number of amidine groups is 1. The first kappa shape index (κ1) is 28.9. The second-order valence-corrected chi connectivity index (χ2v) is 15.5. The maximum atomic E-state index is 14.1. The predicted molar refractivity (Wildman–Crippen MR) is 158 cm³/mol. The number of fused-ring (bicyclic) bond motifs is 3. The number of rotatable bonds is 5. The van der Waals surface area contributed by atoms with Gasteiger partial charge < -0.3 is 11.1 Å². The molecule has 0 radical (unpaired) electrons. The van der Waals surface area contributed by atoms with Crippen LogP contribution in [0.15, 0.2) is 65.7 Å². The third-order valence-corrected chi connectivity index (χ3v) is 11.1. The maximum absolute atomic E-state index is 14.1. The molecule has 3 atom stereocenters. The molecule has 0 saturated carbocycles. The summed E-state index contributed by atoms with van der Waals surface area (Å²) in [4.78, 5) is 18.0. The Labute approximate surface area is 240 Å². The number of carbonyl (C=O) groups excluding carboxylic acids is 1. The number of pyridine rings is 1. The fourth-order valence-corrected chi connectivity index (χ4v) is 9.14. The molecular weight excluding hydrogens is 564 g/mol. The van der Waals surface area contributed by atoms with Crippen LogP contribution in [0.4, 0.5) is 11.5 Å². The number of nitrogens with zero attached hydrogens (tertiary/aromatic N) is 2. The molecule has 4 heterocycles. The number of hydrogen-bond acceptors (Lipinski definition) is 7. The van der Waals surface area contributed by atoms with Gasteiger partial charge in [-0.05, 0) is 44.5 Å². The number of benzene rings is 2. The van der Waals surface area contributed by atoms with Crippen molar-refractivity contribution in [1.29, 1.82) is 5.41 Å². The lowest BCUT2D eigenvalue weighted by molar-refractivity contribution is -0.119. The fourth-order valence-electron chi connectivity index (χ4n) is 5.81. The number of sulfonamides is 2. The molecule has 3 aliphatic heterocycles. The SMILES string of the molecule is CC(C)(C)NS(=O)(=O)c1c2cccc1[N@@+]1(S(C)(=O)=O)C[C@H](C(=O)Nc3ccc-2cn3)[C@H](c2cccc(C(=N)N)c2)C1. The fraction of sp³-hybridized carbons (Fsp3) is 0.321. The lowest BCUT2D eigenvalue weighted by Gasteiger charge is -2.34. The molecule has 6 bridgehead atoms. The molecule has 1 fully saturated rings. The number of amides is 1. The summed E-state index contributed by atoms with van der Waals surface area (Å²) in [5.41, 5.74) is 6.72. The second-order valence-electron chi connectivity index (χ2n) is 11.7. The predicted octanol–water partition coefficient (Wildman–Crippen LogP) is 2.74. The second kappa shape index (κ2) is 9.72. The summed E-state index contributed by atoms with van der Waals surface area (Å²) in [5.74, 6) is -1.89. The molecule has 1 amide bonds. The number of anilines is 1. The van der Waals surface area contributed by atoms with Crippen LogP contribution < -0.4 is 19.7 Å². The lowest BCUT2D eigenvalue weighted by atomic mass is 9.87. The van der Waals surface area contributed by atoms with E-state index in [0.29, 0.717) is 22.3 Å². The zero-order chi connectivity index (χ0) is 30.0. The lowest BCUT2D eigenvalue weighted by Crippen LogP contribution is -2.53. The van der Waals surface area contributed by atoms with Gasteiger partial charge in [0.2, 0.25) is 15.9 Å². The Morgan fingerprint density at radius 2 is 1.73 bits per heavy atom. The van der Waals surface area contributed by atoms with Crippen molar-refractivity contribution in [3.63, 3.8) is 0 Å². The molecule has 1 saturated heterocycles. The highest BCUT2D eigenvalue weighted by atomic mass is 32.2. The van der Waals surface area contributed by atoms with Crippen LogP contribution in [0.5, 0.6) is 0 Å². The van der Waals surface area contributed by atoms with Gasteiger partial charge in [-0.15, -0.1) is 0 Å². The van der Waals surface area contributed by atoms with E-state index < -0.39 is 47.2 Å². The Morgan fingerprint density at radius 1 is 1.05 bits per heavy atom. The molecule has 3 aliphatic rings. The number of carbonyl (C=O) groups is 1. The van der Waals surface area contributed by atoms with Gasteiger partial charge in [-0.25, -0.2) is 18.1 Å². The van der Waals surface area contributed by atoms with Crippen LogP contribution in [-0.2, 0) is 24.8 Å². The number of quaternary nitrogens is 1. The highest BCUT2D eigenvalue weighted by molar-refractivity contribution is 7.91. The Kier molecular flexibility index (Phi) is 6.84. The Morgan fingerprint density at radius 3 is 2.34 bits per heavy atom. The summed E-state index contributed by atoms with van der Waals surface area (Å²) in [7, 11) is -8.37. The summed E-state index contributed by atoms with van der Waals surface area (Å²) in [5, 5.41) is 10.7. The molecule has 216 valence electrons. The summed E-state index contributed by atoms with van der Waals surface area (Å²) in [6.07, 6.45) is 2.53. The Hall–Kier alpha value is -3.65. The number of nitrogens with one attached hydrogen (secondary N) is 3. The first-order valence-corrected chi connectivity index (χ1v) is 16.3. The number of nitrogens with two attached hydrogens (primary N) is 1. The smallest absolute Gasteiger partial charge is 0.299 e. The van der Waals surface area contributed by atoms with Crippen molar-refractivity contribution in [3.8, 4) is 11.1 Å². The average molecular weight is 598 g/mol. The minimum absolute atomic E-state index is 0.0504. The molecule has 0 unspecified atom stereocenters. The summed E-state index contributed by atoms with van der Waals surface area (Å²) >= 11 is 0. The molecule has 0 aliphatic carbocycles. The molecule has 1 aromatic heterocycles. The van der Waals surface area contributed by atoms with Gasteiger partial charge in [0.1, 0.15) is 30.7 Å². The maximum Gasteiger partial charge on any atom is 0.299 e. The van der Waals surface area contributed by atoms with E-state index in [1.54, 1.807) is 69.3 Å². The molecule has 41 heavy (non-hydrogen) atoms. The van der Waals surface area contributed by atoms with Gasteiger partial charge in [-0.1, -0.05) is 30.3 Å². The number of hydrogen-bond donors (Lipinski definition) is 4. The van der Waals surface area contributed by atoms with Gasteiger partial charge in [0.05, 0.1) is 12.2 Å². The first-order chi connectivity index (χ1) is 19.0. The summed E-state index contributed by atoms with van der Waals surface area (Å²) < 4.78 is 58.0. The molecule has 6 rings (SSSR count). The molecule has 5 N–H and O–H groups in total. The molecule has 2 aromatic carbocycles. The highest BCUT2D eigenvalue weighted by Gasteiger charge is 2.58. The van der Waals surface area contributed by atoms with Gasteiger partial charge >= 0.3 is 0 Å². The number of aromatic nitrogens is 1. The normalized spacial score (nSPS) is 22.5. The molecule has 11 nitrogen and oxygen atoms in total. The third kappa shape index (κ3) is 5.14. The van der Waals surface area contributed by atoms with E-state index >= 15 is 0 Å². The third-order valence-electron chi connectivity index (χ3n) is 7.53. The van der Waals surface area contributed by atoms with Crippen LogP contribution in [0.1, 0.15) is 37.8 Å². The molecule has 3 aromatic rings. The van der Waals surface area contributed by atoms with Crippen molar-refractivity contribution in [3.05, 3.63) is 71.9 Å². The van der Waals surface area contributed by atoms with Crippen LogP contribution >= 0.6 is 0 Å². The largest absolute Gasteiger partial charge is 0.384 e. The summed E-state index contributed by atoms with van der Waals surface area (Å²) in [6, 6.07) is 14.8. The molecule has 0 spiro atoms. The molecule has 13 heteroatoms. The van der Waals surface area contributed by atoms with Gasteiger partial charge in [0.25, 0.3) is 10.0 Å². The molecular formula is C28H33N6O5S2+.